The number of carbonyl (C=O) groups excluding carboxylic acids is 1. The lowest BCUT2D eigenvalue weighted by Gasteiger charge is -2.08. The van der Waals surface area contributed by atoms with Crippen LogP contribution in [0.3, 0.4) is 0 Å². The maximum Gasteiger partial charge on any atom is 0.418 e. The minimum Gasteiger partial charge on any atom is -0.288 e. The second-order valence-electron chi connectivity index (χ2n) is 2.47. The van der Waals surface area contributed by atoms with Crippen LogP contribution in [0.15, 0.2) is 31.0 Å². The van der Waals surface area contributed by atoms with Crippen molar-refractivity contribution in [1.29, 1.82) is 0 Å². The van der Waals surface area contributed by atoms with Gasteiger partial charge in [-0.2, -0.15) is 13.2 Å². The van der Waals surface area contributed by atoms with Crippen LogP contribution in [0.2, 0.25) is 0 Å². The van der Waals surface area contributed by atoms with Crippen LogP contribution in [-0.2, 0) is 6.18 Å². The monoisotopic (exact) mass is 201 g/mol. The minimum atomic E-state index is -4.57. The van der Waals surface area contributed by atoms with E-state index in [-0.39, 0.29) is 0 Å². The number of aromatic nitrogens is 1. The first-order chi connectivity index (χ1) is 6.46. The number of hydrogen-bond acceptors (Lipinski definition) is 2. The third kappa shape index (κ3) is 1.99. The molecule has 5 heteroatoms. The van der Waals surface area contributed by atoms with Crippen molar-refractivity contribution in [3.8, 4) is 0 Å². The number of halogens is 3. The van der Waals surface area contributed by atoms with Crippen molar-refractivity contribution >= 4 is 5.78 Å². The first-order valence-electron chi connectivity index (χ1n) is 3.66. The molecule has 0 N–H and O–H groups in total. The maximum absolute atomic E-state index is 12.3. The molecule has 0 fully saturated rings. The Morgan fingerprint density at radius 3 is 2.64 bits per heavy atom. The number of nitrogens with zero attached hydrogens (tertiary/aromatic N) is 1. The highest BCUT2D eigenvalue weighted by Crippen LogP contribution is 2.31. The van der Waals surface area contributed by atoms with Gasteiger partial charge in [-0.15, -0.1) is 0 Å². The predicted molar refractivity (Wildman–Crippen MR) is 43.8 cm³/mol. The molecule has 1 rings (SSSR count). The van der Waals surface area contributed by atoms with Crippen molar-refractivity contribution in [3.05, 3.63) is 42.2 Å². The van der Waals surface area contributed by atoms with E-state index in [4.69, 9.17) is 0 Å². The number of ketones is 1. The average molecular weight is 201 g/mol. The molecule has 0 aromatic carbocycles. The number of carbonyl (C=O) groups is 1. The summed E-state index contributed by atoms with van der Waals surface area (Å²) in [6, 6.07) is 1.94. The summed E-state index contributed by atoms with van der Waals surface area (Å²) in [5.41, 5.74) is -1.65. The van der Waals surface area contributed by atoms with Gasteiger partial charge < -0.3 is 0 Å². The Bertz CT molecular complexity index is 371. The first kappa shape index (κ1) is 10.4. The Hall–Kier alpha value is -1.65. The Morgan fingerprint density at radius 2 is 2.14 bits per heavy atom. The van der Waals surface area contributed by atoms with Crippen molar-refractivity contribution < 1.29 is 18.0 Å². The van der Waals surface area contributed by atoms with E-state index >= 15 is 0 Å². The normalized spacial score (nSPS) is 11.1. The van der Waals surface area contributed by atoms with E-state index in [0.29, 0.717) is 0 Å². The predicted octanol–water partition coefficient (Wildman–Crippen LogP) is 2.47. The standard InChI is InChI=1S/C9H6F3NO/c1-2-7(14)8-6(9(10,11)12)4-3-5-13-8/h2-5H,1H2. The van der Waals surface area contributed by atoms with Crippen molar-refractivity contribution in [1.82, 2.24) is 4.98 Å². The topological polar surface area (TPSA) is 30.0 Å². The SMILES string of the molecule is C=CC(=O)c1ncccc1C(F)(F)F. The number of pyridine rings is 1. The number of rotatable bonds is 2. The molecule has 0 aliphatic carbocycles. The van der Waals surface area contributed by atoms with Gasteiger partial charge in [-0.05, 0) is 18.2 Å². The molecule has 0 saturated heterocycles. The molecule has 74 valence electrons. The Kier molecular flexibility index (Phi) is 2.69. The van der Waals surface area contributed by atoms with E-state index in [9.17, 15) is 18.0 Å². The lowest BCUT2D eigenvalue weighted by atomic mass is 10.1. The molecular weight excluding hydrogens is 195 g/mol. The van der Waals surface area contributed by atoms with Crippen LogP contribution in [-0.4, -0.2) is 10.8 Å². The smallest absolute Gasteiger partial charge is 0.288 e. The van der Waals surface area contributed by atoms with E-state index in [1.807, 2.05) is 0 Å². The first-order valence-corrected chi connectivity index (χ1v) is 3.66. The van der Waals surface area contributed by atoms with Gasteiger partial charge in [0.1, 0.15) is 5.69 Å². The summed E-state index contributed by atoms with van der Waals surface area (Å²) < 4.78 is 37.0. The summed E-state index contributed by atoms with van der Waals surface area (Å²) in [6.45, 7) is 3.10. The number of hydrogen-bond donors (Lipinski definition) is 0. The minimum absolute atomic E-state index is 0.616. The molecule has 1 heterocycles. The van der Waals surface area contributed by atoms with Crippen molar-refractivity contribution in [2.24, 2.45) is 0 Å². The third-order valence-corrected chi connectivity index (χ3v) is 1.53. The quantitative estimate of drug-likeness (QED) is 0.543. The van der Waals surface area contributed by atoms with Crippen LogP contribution in [0, 0.1) is 0 Å². The molecule has 1 aromatic rings. The lowest BCUT2D eigenvalue weighted by Crippen LogP contribution is -2.13. The third-order valence-electron chi connectivity index (χ3n) is 1.53. The largest absolute Gasteiger partial charge is 0.418 e. The van der Waals surface area contributed by atoms with Crippen molar-refractivity contribution in [2.45, 2.75) is 6.18 Å². The van der Waals surface area contributed by atoms with Crippen LogP contribution >= 0.6 is 0 Å². The Balaban J connectivity index is 3.30. The van der Waals surface area contributed by atoms with E-state index < -0.39 is 23.2 Å². The molecule has 0 atom stereocenters. The van der Waals surface area contributed by atoms with Gasteiger partial charge in [0.2, 0.25) is 5.78 Å². The molecule has 0 unspecified atom stereocenters. The summed E-state index contributed by atoms with van der Waals surface area (Å²) in [6.07, 6.45) is -2.63. The van der Waals surface area contributed by atoms with Gasteiger partial charge in [0.05, 0.1) is 5.56 Å². The molecular formula is C9H6F3NO. The molecule has 0 radical (unpaired) electrons. The molecule has 0 saturated carbocycles. The molecule has 0 aliphatic rings. The average Bonchev–Trinajstić information content (AvgIpc) is 2.15. The summed E-state index contributed by atoms with van der Waals surface area (Å²) in [5, 5.41) is 0. The summed E-state index contributed by atoms with van der Waals surface area (Å²) in [5.74, 6) is -0.835. The van der Waals surface area contributed by atoms with Gasteiger partial charge >= 0.3 is 6.18 Å². The van der Waals surface area contributed by atoms with Crippen LogP contribution in [0.5, 0.6) is 0 Å². The fourth-order valence-electron chi connectivity index (χ4n) is 0.927. The van der Waals surface area contributed by atoms with E-state index in [1.165, 1.54) is 0 Å². The van der Waals surface area contributed by atoms with Gasteiger partial charge in [0.15, 0.2) is 0 Å². The van der Waals surface area contributed by atoms with Gasteiger partial charge in [0.25, 0.3) is 0 Å². The van der Waals surface area contributed by atoms with E-state index in [0.717, 1.165) is 24.4 Å². The summed E-state index contributed by atoms with van der Waals surface area (Å²) in [7, 11) is 0. The van der Waals surface area contributed by atoms with Crippen molar-refractivity contribution in [3.63, 3.8) is 0 Å². The second kappa shape index (κ2) is 3.61. The van der Waals surface area contributed by atoms with Gasteiger partial charge in [-0.3, -0.25) is 9.78 Å². The second-order valence-corrected chi connectivity index (χ2v) is 2.47. The molecule has 1 aromatic heterocycles. The molecule has 2 nitrogen and oxygen atoms in total. The number of alkyl halides is 3. The highest BCUT2D eigenvalue weighted by atomic mass is 19.4. The van der Waals surface area contributed by atoms with Crippen LogP contribution in [0.1, 0.15) is 16.1 Å². The summed E-state index contributed by atoms with van der Waals surface area (Å²) >= 11 is 0. The lowest BCUT2D eigenvalue weighted by molar-refractivity contribution is -0.138. The van der Waals surface area contributed by atoms with Gasteiger partial charge in [0, 0.05) is 6.20 Å². The highest BCUT2D eigenvalue weighted by molar-refractivity contribution is 6.03. The van der Waals surface area contributed by atoms with Crippen LogP contribution in [0.25, 0.3) is 0 Å². The molecule has 0 amide bonds. The van der Waals surface area contributed by atoms with Crippen molar-refractivity contribution in [2.75, 3.05) is 0 Å². The maximum atomic E-state index is 12.3. The summed E-state index contributed by atoms with van der Waals surface area (Å²) in [4.78, 5) is 14.4. The van der Waals surface area contributed by atoms with E-state index in [1.54, 1.807) is 0 Å². The number of allylic oxidation sites excluding steroid dienone is 1. The fourth-order valence-corrected chi connectivity index (χ4v) is 0.927. The van der Waals surface area contributed by atoms with Crippen LogP contribution < -0.4 is 0 Å². The molecule has 0 bridgehead atoms. The Labute approximate surface area is 78.1 Å². The van der Waals surface area contributed by atoms with Gasteiger partial charge in [-0.1, -0.05) is 6.58 Å². The fraction of sp³-hybridized carbons (Fsp3) is 0.111. The zero-order valence-corrected chi connectivity index (χ0v) is 7.01. The van der Waals surface area contributed by atoms with Crippen LogP contribution in [0.4, 0.5) is 13.2 Å². The molecule has 14 heavy (non-hydrogen) atoms. The zero-order chi connectivity index (χ0) is 10.8. The van der Waals surface area contributed by atoms with Gasteiger partial charge in [-0.25, -0.2) is 0 Å². The Morgan fingerprint density at radius 1 is 1.50 bits per heavy atom. The molecule has 0 aliphatic heterocycles. The van der Waals surface area contributed by atoms with E-state index in [2.05, 4.69) is 11.6 Å². The molecule has 0 spiro atoms. The zero-order valence-electron chi connectivity index (χ0n) is 7.01. The highest BCUT2D eigenvalue weighted by Gasteiger charge is 2.35.